The zero-order valence-corrected chi connectivity index (χ0v) is 29.9. The Labute approximate surface area is 299 Å². The van der Waals surface area contributed by atoms with Gasteiger partial charge in [-0.3, -0.25) is 13.9 Å². The van der Waals surface area contributed by atoms with E-state index in [4.69, 9.17) is 4.74 Å². The van der Waals surface area contributed by atoms with Gasteiger partial charge in [0.15, 0.2) is 0 Å². The highest BCUT2D eigenvalue weighted by molar-refractivity contribution is 7.92. The number of hydrogen-bond donors (Lipinski definition) is 1. The van der Waals surface area contributed by atoms with Crippen molar-refractivity contribution in [1.82, 2.24) is 10.2 Å². The number of aryl methyl sites for hydroxylation is 1. The molecule has 0 aliphatic carbocycles. The number of halogens is 1. The molecule has 0 aliphatic rings. The molecular formula is C41H42FN3O5S. The number of sulfonamides is 1. The van der Waals surface area contributed by atoms with Crippen molar-refractivity contribution in [2.24, 2.45) is 0 Å². The fraction of sp³-hybridized carbons (Fsp3) is 0.220. The van der Waals surface area contributed by atoms with E-state index in [-0.39, 0.29) is 23.5 Å². The predicted molar refractivity (Wildman–Crippen MR) is 197 cm³/mol. The van der Waals surface area contributed by atoms with Crippen molar-refractivity contribution in [3.63, 3.8) is 0 Å². The number of anilines is 1. The molecule has 5 rings (SSSR count). The van der Waals surface area contributed by atoms with Crippen molar-refractivity contribution in [2.45, 2.75) is 57.1 Å². The van der Waals surface area contributed by atoms with Crippen LogP contribution in [0.4, 0.5) is 10.1 Å². The highest BCUT2D eigenvalue weighted by Gasteiger charge is 2.35. The first-order valence-corrected chi connectivity index (χ1v) is 18.0. The number of benzene rings is 5. The fourth-order valence-electron chi connectivity index (χ4n) is 5.46. The van der Waals surface area contributed by atoms with Gasteiger partial charge in [-0.15, -0.1) is 0 Å². The highest BCUT2D eigenvalue weighted by atomic mass is 32.2. The Morgan fingerprint density at radius 1 is 0.745 bits per heavy atom. The van der Waals surface area contributed by atoms with Crippen molar-refractivity contribution < 1.29 is 27.1 Å². The van der Waals surface area contributed by atoms with Crippen molar-refractivity contribution in [3.05, 3.63) is 156 Å². The molecule has 1 unspecified atom stereocenters. The summed E-state index contributed by atoms with van der Waals surface area (Å²) in [5.41, 5.74) is 1.85. The predicted octanol–water partition coefficient (Wildman–Crippen LogP) is 7.68. The molecule has 0 fully saturated rings. The van der Waals surface area contributed by atoms with Gasteiger partial charge in [-0.1, -0.05) is 78.4 Å². The zero-order chi connectivity index (χ0) is 36.6. The number of rotatable bonds is 13. The quantitative estimate of drug-likeness (QED) is 0.136. The second kappa shape index (κ2) is 16.0. The molecule has 5 aromatic carbocycles. The Bertz CT molecular complexity index is 2020. The molecule has 0 aliphatic heterocycles. The maximum Gasteiger partial charge on any atom is 0.264 e. The van der Waals surface area contributed by atoms with E-state index in [0.717, 1.165) is 15.4 Å². The minimum absolute atomic E-state index is 0.00177. The summed E-state index contributed by atoms with van der Waals surface area (Å²) in [7, 11) is -4.29. The molecule has 0 bridgehead atoms. The van der Waals surface area contributed by atoms with Gasteiger partial charge in [0.1, 0.15) is 29.9 Å². The SMILES string of the molecule is Cc1ccc(S(=O)(=O)N(CC(=O)N(Cc2ccc(F)cc2)C(Cc2ccccc2)C(=O)NC(C)(C)C)c2ccc(Oc3ccccc3)cc2)cc1. The van der Waals surface area contributed by atoms with Crippen LogP contribution in [0.25, 0.3) is 0 Å². The number of carbonyl (C=O) groups is 2. The molecule has 0 heterocycles. The number of hydrogen-bond acceptors (Lipinski definition) is 5. The highest BCUT2D eigenvalue weighted by Crippen LogP contribution is 2.29. The number of para-hydroxylation sites is 1. The number of nitrogens with one attached hydrogen (secondary N) is 1. The molecule has 0 spiro atoms. The van der Waals surface area contributed by atoms with E-state index in [9.17, 15) is 22.4 Å². The van der Waals surface area contributed by atoms with Crippen LogP contribution < -0.4 is 14.4 Å². The van der Waals surface area contributed by atoms with Gasteiger partial charge >= 0.3 is 0 Å². The summed E-state index contributed by atoms with van der Waals surface area (Å²) >= 11 is 0. The summed E-state index contributed by atoms with van der Waals surface area (Å²) < 4.78 is 49.6. The lowest BCUT2D eigenvalue weighted by molar-refractivity contribution is -0.140. The molecule has 0 aromatic heterocycles. The first-order chi connectivity index (χ1) is 24.3. The van der Waals surface area contributed by atoms with Gasteiger partial charge < -0.3 is 15.0 Å². The Balaban J connectivity index is 1.57. The topological polar surface area (TPSA) is 96.0 Å². The lowest BCUT2D eigenvalue weighted by Crippen LogP contribution is -2.56. The van der Waals surface area contributed by atoms with Crippen LogP contribution in [0.2, 0.25) is 0 Å². The summed E-state index contributed by atoms with van der Waals surface area (Å²) in [6, 6.07) is 35.9. The van der Waals surface area contributed by atoms with Crippen LogP contribution in [-0.4, -0.2) is 43.3 Å². The molecule has 0 saturated heterocycles. The van der Waals surface area contributed by atoms with E-state index in [1.54, 1.807) is 60.7 Å². The summed E-state index contributed by atoms with van der Waals surface area (Å²) in [4.78, 5) is 30.1. The molecule has 2 amide bonds. The zero-order valence-electron chi connectivity index (χ0n) is 29.1. The largest absolute Gasteiger partial charge is 0.457 e. The third-order valence-electron chi connectivity index (χ3n) is 8.03. The van der Waals surface area contributed by atoms with Crippen molar-refractivity contribution >= 4 is 27.5 Å². The Hall–Kier alpha value is -5.48. The van der Waals surface area contributed by atoms with Crippen LogP contribution in [0.3, 0.4) is 0 Å². The van der Waals surface area contributed by atoms with Gasteiger partial charge in [-0.25, -0.2) is 12.8 Å². The van der Waals surface area contributed by atoms with Crippen LogP contribution in [0.5, 0.6) is 11.5 Å². The van der Waals surface area contributed by atoms with Gasteiger partial charge in [0, 0.05) is 18.5 Å². The van der Waals surface area contributed by atoms with Gasteiger partial charge in [-0.2, -0.15) is 0 Å². The van der Waals surface area contributed by atoms with E-state index in [1.165, 1.54) is 29.2 Å². The standard InChI is InChI=1S/C41H42FN3O5S/c1-30-15-25-37(26-16-30)51(48,49)45(34-21-23-36(24-22-34)50-35-13-9-6-10-14-35)29-39(46)44(28-32-17-19-33(42)20-18-32)38(40(47)43-41(2,3)4)27-31-11-7-5-8-12-31/h5-26,38H,27-29H2,1-4H3,(H,43,47). The molecule has 1 atom stereocenters. The van der Waals surface area contributed by atoms with Crippen molar-refractivity contribution in [3.8, 4) is 11.5 Å². The van der Waals surface area contributed by atoms with Gasteiger partial charge in [-0.05, 0) is 99.5 Å². The minimum atomic E-state index is -4.29. The number of carbonyl (C=O) groups excluding carboxylic acids is 2. The molecule has 51 heavy (non-hydrogen) atoms. The van der Waals surface area contributed by atoms with Gasteiger partial charge in [0.25, 0.3) is 10.0 Å². The number of nitrogens with zero attached hydrogens (tertiary/aromatic N) is 2. The minimum Gasteiger partial charge on any atom is -0.457 e. The monoisotopic (exact) mass is 707 g/mol. The summed E-state index contributed by atoms with van der Waals surface area (Å²) in [5, 5.41) is 3.00. The summed E-state index contributed by atoms with van der Waals surface area (Å²) in [5.74, 6) is -0.387. The molecule has 5 aromatic rings. The third-order valence-corrected chi connectivity index (χ3v) is 9.82. The van der Waals surface area contributed by atoms with Crippen molar-refractivity contribution in [1.29, 1.82) is 0 Å². The van der Waals surface area contributed by atoms with E-state index >= 15 is 0 Å². The van der Waals surface area contributed by atoms with Gasteiger partial charge in [0.2, 0.25) is 11.8 Å². The second-order valence-corrected chi connectivity index (χ2v) is 15.2. The maximum atomic E-state index is 14.7. The van der Waals surface area contributed by atoms with Crippen LogP contribution in [0, 0.1) is 12.7 Å². The Morgan fingerprint density at radius 3 is 1.90 bits per heavy atom. The lowest BCUT2D eigenvalue weighted by atomic mass is 10.0. The first-order valence-electron chi connectivity index (χ1n) is 16.6. The van der Waals surface area contributed by atoms with Crippen LogP contribution in [0.15, 0.2) is 138 Å². The van der Waals surface area contributed by atoms with E-state index in [2.05, 4.69) is 5.32 Å². The maximum absolute atomic E-state index is 14.7. The lowest BCUT2D eigenvalue weighted by Gasteiger charge is -2.35. The second-order valence-electron chi connectivity index (χ2n) is 13.3. The smallest absolute Gasteiger partial charge is 0.264 e. The summed E-state index contributed by atoms with van der Waals surface area (Å²) in [6.07, 6.45) is 0.159. The van der Waals surface area contributed by atoms with Crippen LogP contribution >= 0.6 is 0 Å². The van der Waals surface area contributed by atoms with Crippen LogP contribution in [0.1, 0.15) is 37.5 Å². The average Bonchev–Trinajstić information content (AvgIpc) is 3.10. The van der Waals surface area contributed by atoms with E-state index < -0.39 is 45.8 Å². The molecular weight excluding hydrogens is 666 g/mol. The molecule has 264 valence electrons. The van der Waals surface area contributed by atoms with Crippen molar-refractivity contribution in [2.75, 3.05) is 10.8 Å². The van der Waals surface area contributed by atoms with Crippen LogP contribution in [-0.2, 0) is 32.6 Å². The molecule has 8 nitrogen and oxygen atoms in total. The molecule has 0 radical (unpaired) electrons. The normalized spacial score (nSPS) is 12.1. The van der Waals surface area contributed by atoms with Gasteiger partial charge in [0.05, 0.1) is 10.6 Å². The Morgan fingerprint density at radius 2 is 1.31 bits per heavy atom. The Kier molecular flexibility index (Phi) is 11.6. The van der Waals surface area contributed by atoms with E-state index in [1.807, 2.05) is 76.2 Å². The number of ether oxygens (including phenoxy) is 1. The fourth-order valence-corrected chi connectivity index (χ4v) is 6.88. The first kappa shape index (κ1) is 36.8. The molecule has 10 heteroatoms. The van der Waals surface area contributed by atoms with E-state index in [0.29, 0.717) is 17.1 Å². The molecule has 1 N–H and O–H groups in total. The summed E-state index contributed by atoms with van der Waals surface area (Å²) in [6.45, 7) is 6.69. The average molecular weight is 708 g/mol. The number of amides is 2. The molecule has 0 saturated carbocycles. The third kappa shape index (κ3) is 10.0.